The quantitative estimate of drug-likeness (QED) is 0.825. The summed E-state index contributed by atoms with van der Waals surface area (Å²) in [5, 5.41) is 0.0354. The molecule has 0 N–H and O–H groups in total. The van der Waals surface area contributed by atoms with E-state index in [0.29, 0.717) is 5.82 Å². The summed E-state index contributed by atoms with van der Waals surface area (Å²) in [5.41, 5.74) is 0. The number of halogens is 1. The predicted octanol–water partition coefficient (Wildman–Crippen LogP) is 1.16. The third-order valence-electron chi connectivity index (χ3n) is 3.56. The van der Waals surface area contributed by atoms with Gasteiger partial charge in [-0.1, -0.05) is 11.6 Å². The van der Waals surface area contributed by atoms with Gasteiger partial charge in [0.15, 0.2) is 0 Å². The molecule has 9 heteroatoms. The van der Waals surface area contributed by atoms with E-state index in [0.717, 1.165) is 12.8 Å². The highest BCUT2D eigenvalue weighted by Crippen LogP contribution is 2.34. The highest BCUT2D eigenvalue weighted by molar-refractivity contribution is 7.89. The molecular formula is C12H16ClN5O2S. The van der Waals surface area contributed by atoms with Gasteiger partial charge in [-0.3, -0.25) is 0 Å². The molecule has 0 bridgehead atoms. The average molecular weight is 330 g/mol. The molecule has 0 amide bonds. The second-order valence-corrected chi connectivity index (χ2v) is 7.35. The molecule has 1 aliphatic rings. The van der Waals surface area contributed by atoms with Gasteiger partial charge in [-0.15, -0.1) is 0 Å². The Balaban J connectivity index is 1.97. The molecule has 3 rings (SSSR count). The van der Waals surface area contributed by atoms with E-state index in [4.69, 9.17) is 11.6 Å². The zero-order valence-corrected chi connectivity index (χ0v) is 13.3. The van der Waals surface area contributed by atoms with Crippen LogP contribution in [-0.4, -0.2) is 37.9 Å². The van der Waals surface area contributed by atoms with Crippen LogP contribution in [-0.2, 0) is 30.7 Å². The van der Waals surface area contributed by atoms with Gasteiger partial charge in [-0.2, -0.15) is 4.31 Å². The van der Waals surface area contributed by atoms with Crippen molar-refractivity contribution in [1.82, 2.24) is 23.4 Å². The van der Waals surface area contributed by atoms with Crippen molar-refractivity contribution in [2.24, 2.45) is 14.1 Å². The zero-order chi connectivity index (χ0) is 15.2. The first-order chi connectivity index (χ1) is 9.91. The average Bonchev–Trinajstić information content (AvgIpc) is 3.10. The monoisotopic (exact) mass is 329 g/mol. The van der Waals surface area contributed by atoms with Gasteiger partial charge >= 0.3 is 0 Å². The highest BCUT2D eigenvalue weighted by Gasteiger charge is 2.40. The Morgan fingerprint density at radius 1 is 1.33 bits per heavy atom. The largest absolute Gasteiger partial charge is 0.337 e. The summed E-state index contributed by atoms with van der Waals surface area (Å²) in [6.07, 6.45) is 6.56. The maximum Gasteiger partial charge on any atom is 0.264 e. The predicted molar refractivity (Wildman–Crippen MR) is 77.2 cm³/mol. The summed E-state index contributed by atoms with van der Waals surface area (Å²) in [7, 11) is -0.222. The van der Waals surface area contributed by atoms with E-state index in [-0.39, 0.29) is 22.8 Å². The smallest absolute Gasteiger partial charge is 0.264 e. The molecular weight excluding hydrogens is 314 g/mol. The molecule has 2 aromatic rings. The van der Waals surface area contributed by atoms with Gasteiger partial charge in [-0.05, 0) is 12.8 Å². The van der Waals surface area contributed by atoms with Crippen LogP contribution >= 0.6 is 11.6 Å². The first-order valence-electron chi connectivity index (χ1n) is 6.56. The third-order valence-corrected chi connectivity index (χ3v) is 5.95. The number of sulfonamides is 1. The molecule has 2 heterocycles. The molecule has 0 radical (unpaired) electrons. The summed E-state index contributed by atoms with van der Waals surface area (Å²) >= 11 is 6.05. The summed E-state index contributed by atoms with van der Waals surface area (Å²) < 4.78 is 30.4. The molecule has 0 spiro atoms. The van der Waals surface area contributed by atoms with Gasteiger partial charge in [0.1, 0.15) is 11.0 Å². The molecule has 0 aromatic carbocycles. The molecule has 0 atom stereocenters. The molecule has 0 saturated heterocycles. The van der Waals surface area contributed by atoms with E-state index in [9.17, 15) is 8.42 Å². The second-order valence-electron chi connectivity index (χ2n) is 5.19. The van der Waals surface area contributed by atoms with Gasteiger partial charge in [0.25, 0.3) is 10.0 Å². The Labute approximate surface area is 128 Å². The zero-order valence-electron chi connectivity index (χ0n) is 11.8. The molecule has 1 saturated carbocycles. The number of aromatic nitrogens is 4. The summed E-state index contributed by atoms with van der Waals surface area (Å²) in [6, 6.07) is 0.00442. The lowest BCUT2D eigenvalue weighted by Gasteiger charge is -2.20. The van der Waals surface area contributed by atoms with Gasteiger partial charge < -0.3 is 9.13 Å². The van der Waals surface area contributed by atoms with Crippen LogP contribution in [0.5, 0.6) is 0 Å². The van der Waals surface area contributed by atoms with Crippen LogP contribution in [0.3, 0.4) is 0 Å². The normalized spacial score (nSPS) is 15.8. The number of hydrogen-bond donors (Lipinski definition) is 0. The van der Waals surface area contributed by atoms with Crippen LogP contribution in [0.4, 0.5) is 0 Å². The van der Waals surface area contributed by atoms with Crippen LogP contribution in [0, 0.1) is 0 Å². The lowest BCUT2D eigenvalue weighted by molar-refractivity contribution is 0.384. The van der Waals surface area contributed by atoms with E-state index in [1.165, 1.54) is 15.2 Å². The lowest BCUT2D eigenvalue weighted by Crippen LogP contribution is -2.34. The molecule has 1 aliphatic carbocycles. The minimum absolute atomic E-state index is 0.00442. The van der Waals surface area contributed by atoms with Crippen molar-refractivity contribution in [1.29, 1.82) is 0 Å². The summed E-state index contributed by atoms with van der Waals surface area (Å²) in [5.74, 6) is 0.692. The van der Waals surface area contributed by atoms with Gasteiger partial charge in [0.05, 0.1) is 12.9 Å². The van der Waals surface area contributed by atoms with Crippen molar-refractivity contribution in [2.75, 3.05) is 0 Å². The summed E-state index contributed by atoms with van der Waals surface area (Å²) in [4.78, 5) is 8.14. The number of aryl methyl sites for hydroxylation is 2. The molecule has 0 aliphatic heterocycles. The number of hydrogen-bond acceptors (Lipinski definition) is 4. The Kier molecular flexibility index (Phi) is 3.54. The molecule has 0 unspecified atom stereocenters. The van der Waals surface area contributed by atoms with E-state index in [2.05, 4.69) is 9.97 Å². The van der Waals surface area contributed by atoms with Crippen molar-refractivity contribution >= 4 is 21.6 Å². The maximum absolute atomic E-state index is 12.8. The fourth-order valence-corrected chi connectivity index (χ4v) is 4.17. The Hall–Kier alpha value is -1.38. The van der Waals surface area contributed by atoms with Crippen LogP contribution in [0.1, 0.15) is 18.7 Å². The third kappa shape index (κ3) is 2.58. The number of rotatable bonds is 5. The molecule has 7 nitrogen and oxygen atoms in total. The molecule has 114 valence electrons. The lowest BCUT2D eigenvalue weighted by atomic mass is 10.5. The van der Waals surface area contributed by atoms with Crippen LogP contribution in [0.15, 0.2) is 23.7 Å². The maximum atomic E-state index is 12.8. The van der Waals surface area contributed by atoms with Gasteiger partial charge in [0.2, 0.25) is 5.03 Å². The minimum Gasteiger partial charge on any atom is -0.337 e. The SMILES string of the molecule is Cn1ccnc1CN(C1CC1)S(=O)(=O)c1ncn(C)c1Cl. The number of imidazole rings is 2. The van der Waals surface area contributed by atoms with Crippen molar-refractivity contribution in [2.45, 2.75) is 30.5 Å². The fraction of sp³-hybridized carbons (Fsp3) is 0.500. The standard InChI is InChI=1S/C12H16ClN5O2S/c1-16-6-5-14-10(16)7-18(9-3-4-9)21(19,20)12-11(13)17(2)8-15-12/h5-6,8-9H,3-4,7H2,1-2H3. The molecule has 21 heavy (non-hydrogen) atoms. The van der Waals surface area contributed by atoms with Crippen LogP contribution in [0.2, 0.25) is 5.15 Å². The Morgan fingerprint density at radius 3 is 2.52 bits per heavy atom. The first-order valence-corrected chi connectivity index (χ1v) is 8.38. The minimum atomic E-state index is -3.72. The fourth-order valence-electron chi connectivity index (χ4n) is 2.14. The highest BCUT2D eigenvalue weighted by atomic mass is 35.5. The van der Waals surface area contributed by atoms with Gasteiger partial charge in [0, 0.05) is 32.5 Å². The van der Waals surface area contributed by atoms with Crippen molar-refractivity contribution in [3.8, 4) is 0 Å². The molecule has 2 aromatic heterocycles. The summed E-state index contributed by atoms with van der Waals surface area (Å²) in [6.45, 7) is 0.226. The van der Waals surface area contributed by atoms with Crippen LogP contribution in [0.25, 0.3) is 0 Å². The Morgan fingerprint density at radius 2 is 2.05 bits per heavy atom. The van der Waals surface area contributed by atoms with E-state index in [1.54, 1.807) is 19.4 Å². The van der Waals surface area contributed by atoms with E-state index in [1.807, 2.05) is 11.6 Å². The van der Waals surface area contributed by atoms with E-state index < -0.39 is 10.0 Å². The van der Waals surface area contributed by atoms with Crippen molar-refractivity contribution < 1.29 is 8.42 Å². The second kappa shape index (κ2) is 5.11. The van der Waals surface area contributed by atoms with Crippen molar-refractivity contribution in [3.05, 3.63) is 29.7 Å². The van der Waals surface area contributed by atoms with Gasteiger partial charge in [-0.25, -0.2) is 18.4 Å². The van der Waals surface area contributed by atoms with Crippen LogP contribution < -0.4 is 0 Å². The van der Waals surface area contributed by atoms with E-state index >= 15 is 0 Å². The molecule has 1 fully saturated rings. The first kappa shape index (κ1) is 14.6. The van der Waals surface area contributed by atoms with Crippen molar-refractivity contribution in [3.63, 3.8) is 0 Å². The topological polar surface area (TPSA) is 73.0 Å². The number of nitrogens with zero attached hydrogens (tertiary/aromatic N) is 5. The Bertz CT molecular complexity index is 762.